The van der Waals surface area contributed by atoms with E-state index in [0.29, 0.717) is 112 Å². The van der Waals surface area contributed by atoms with Crippen molar-refractivity contribution in [2.75, 3.05) is 51.5 Å². The quantitative estimate of drug-likeness (QED) is 0.0202. The van der Waals surface area contributed by atoms with Crippen molar-refractivity contribution in [3.05, 3.63) is 260 Å². The Labute approximate surface area is 820 Å². The minimum Gasteiger partial charge on any atom is -0.870 e. The number of rotatable bonds is 16. The van der Waals surface area contributed by atoms with Crippen LogP contribution >= 0.6 is 50.5 Å². The van der Waals surface area contributed by atoms with Crippen LogP contribution in [0.4, 0.5) is 61.0 Å². The van der Waals surface area contributed by atoms with Crippen LogP contribution in [0.5, 0.6) is 57.5 Å². The summed E-state index contributed by atoms with van der Waals surface area (Å²) in [4.78, 5) is 84.3. The molecular weight excluding hydrogens is 1950 g/mol. The number of nitrogen functional groups attached to an aromatic ring is 1. The number of nitrogens with two attached hydrogens (primary N) is 1. The number of halogens is 14. The number of para-hydroxylation sites is 5. The number of esters is 4. The first-order valence-electron chi connectivity index (χ1n) is 38.6. The van der Waals surface area contributed by atoms with E-state index in [4.69, 9.17) is 32.3 Å². The number of aromatic nitrogens is 6. The number of imidazole rings is 3. The molecule has 6 aliphatic rings. The monoisotopic (exact) mass is 2010 g/mol. The Morgan fingerprint density at radius 3 is 1.12 bits per heavy atom. The average Bonchev–Trinajstić information content (AvgIpc) is 1.63. The molecule has 33 nitrogen and oxygen atoms in total. The van der Waals surface area contributed by atoms with Crippen molar-refractivity contribution in [2.24, 2.45) is 0 Å². The van der Waals surface area contributed by atoms with E-state index in [-0.39, 0.29) is 167 Å². The Morgan fingerprint density at radius 2 is 0.752 bits per heavy atom. The van der Waals surface area contributed by atoms with E-state index in [1.165, 1.54) is 81.9 Å². The van der Waals surface area contributed by atoms with Crippen LogP contribution in [-0.4, -0.2) is 142 Å². The normalized spacial score (nSPS) is 14.4. The molecule has 3 aromatic heterocycles. The largest absolute Gasteiger partial charge is 1.00 e. The molecule has 13 aromatic rings. The number of ether oxygens (including phenoxy) is 14. The molecule has 0 aliphatic carbocycles. The average molecular weight is 2020 g/mol. The van der Waals surface area contributed by atoms with Gasteiger partial charge in [-0.3, -0.25) is 9.36 Å². The van der Waals surface area contributed by atoms with Crippen LogP contribution < -0.4 is 117 Å². The molecule has 0 fully saturated rings. The first-order chi connectivity index (χ1) is 63.4. The molecule has 19 rings (SSSR count). The van der Waals surface area contributed by atoms with Crippen molar-refractivity contribution in [1.82, 2.24) is 28.7 Å². The van der Waals surface area contributed by atoms with Crippen molar-refractivity contribution in [2.45, 2.75) is 84.5 Å². The second kappa shape index (κ2) is 43.3. The van der Waals surface area contributed by atoms with E-state index >= 15 is 0 Å². The maximum Gasteiger partial charge on any atom is 1.00 e. The van der Waals surface area contributed by atoms with E-state index in [0.717, 1.165) is 12.6 Å². The van der Waals surface area contributed by atoms with Gasteiger partial charge in [0.05, 0.1) is 133 Å². The standard InChI is InChI=1S/C18H14F2N2O4.C18H13F2NO5.C17H11ClF2N2O4.C17H12F2N2O4.C16H14F2N2O4.CH3O.Cl3OP.Li.Na.H2O/c1-10-21-13-8-11(17(23)24-2)6-7-14(13)22(10)9-12-4-3-5-15-16(12)26-18(19,20)25-15;1-24-17(23)10-5-6-13-12(7-10)8-15(22)21(13)9-11-3-2-4-14-16(11)26-18(19,20)25-14;1-24-15(23)9-5-6-12-11(7-9)21-16(18)22(12)8-10-3-2-4-13-14(10)26-17(19,20)25-13;1-9-20-12-7-10(16(22)23)5-6-13(12)21(9)8-11-3-2-4-14-15(11)25-17(18,19)24-14;1-22-15(21)9-5-6-12(11(19)7-9)20-8-10-3-2-4-13-14(10)24-16(17,18)23-13;1-2;1-5(2,3)4;;;/h3-8H,9H2,1-2H3;2-7H,8-9H2,1H3;2-7H,8H2,1H3;2-7H,8H2,1H3,(H,22,23);2-7,20H,8,19H2,1H3;1H3;;;;1H2/q;;;;;-1;;2*+1;/p-1. The summed E-state index contributed by atoms with van der Waals surface area (Å²) in [7, 11) is 5.90. The molecule has 9 heterocycles. The summed E-state index contributed by atoms with van der Waals surface area (Å²) in [6.07, 6.45) is -18.3. The molecule has 10 aromatic carbocycles. The van der Waals surface area contributed by atoms with Gasteiger partial charge >= 0.3 is 115 Å². The van der Waals surface area contributed by atoms with Crippen LogP contribution in [0.1, 0.15) is 96.8 Å². The zero-order valence-electron chi connectivity index (χ0n) is 72.4. The van der Waals surface area contributed by atoms with Gasteiger partial charge < -0.3 is 112 Å². The molecule has 710 valence electrons. The number of aromatic carboxylic acids is 1. The van der Waals surface area contributed by atoms with Crippen molar-refractivity contribution in [3.63, 3.8) is 0 Å². The number of hydrogen-bond acceptors (Lipinski definition) is 28. The van der Waals surface area contributed by atoms with Gasteiger partial charge in [-0.2, -0.15) is 7.11 Å². The van der Waals surface area contributed by atoms with Gasteiger partial charge in [-0.05, 0) is 186 Å². The Bertz CT molecular complexity index is 6670. The fraction of sp³-hybridized carbons (Fsp3) is 0.207. The summed E-state index contributed by atoms with van der Waals surface area (Å²) in [5.41, 5.74) is 15.7. The summed E-state index contributed by atoms with van der Waals surface area (Å²) in [6, 6.07) is 47.0. The Kier molecular flexibility index (Phi) is 33.6. The summed E-state index contributed by atoms with van der Waals surface area (Å²) >= 11 is 20.1. The Morgan fingerprint density at radius 1 is 0.453 bits per heavy atom. The predicted octanol–water partition coefficient (Wildman–Crippen LogP) is 12.3. The van der Waals surface area contributed by atoms with E-state index in [1.807, 2.05) is 4.57 Å². The van der Waals surface area contributed by atoms with Gasteiger partial charge in [0.1, 0.15) is 11.6 Å². The minimum absolute atomic E-state index is 0. The number of benzene rings is 10. The second-order valence-corrected chi connectivity index (χ2v) is 35.4. The fourth-order valence-corrected chi connectivity index (χ4v) is 14.4. The first kappa shape index (κ1) is 106. The number of nitrogens with one attached hydrogen (secondary N) is 1. The van der Waals surface area contributed by atoms with Crippen LogP contribution in [0.25, 0.3) is 33.1 Å². The van der Waals surface area contributed by atoms with E-state index in [1.54, 1.807) is 156 Å². The third-order valence-corrected chi connectivity index (χ3v) is 20.2. The number of fused-ring (bicyclic) bond motifs is 9. The van der Waals surface area contributed by atoms with Gasteiger partial charge in [0, 0.05) is 40.0 Å². The van der Waals surface area contributed by atoms with Gasteiger partial charge in [0.25, 0.3) is 0 Å². The summed E-state index contributed by atoms with van der Waals surface area (Å²) in [5.74, 6) is -2.14. The number of carbonyl (C=O) groups excluding carboxylic acids is 5. The zero-order valence-corrected chi connectivity index (χ0v) is 78.3. The molecule has 6 aliphatic heterocycles. The number of alkyl halides is 10. The molecule has 0 saturated carbocycles. The van der Waals surface area contributed by atoms with E-state index < -0.39 is 66.5 Å². The number of anilines is 3. The van der Waals surface area contributed by atoms with Crippen molar-refractivity contribution < 1.29 is 208 Å². The number of hydrogen-bond donors (Lipinski definition) is 3. The van der Waals surface area contributed by atoms with Gasteiger partial charge in [-0.15, -0.1) is 43.9 Å². The summed E-state index contributed by atoms with van der Waals surface area (Å²) < 4.78 is 212. The topological polar surface area (TPSA) is 417 Å². The zero-order chi connectivity index (χ0) is 97.0. The molecule has 0 spiro atoms. The molecule has 0 saturated heterocycles. The number of amides is 1. The summed E-state index contributed by atoms with van der Waals surface area (Å²) in [6.45, 7) is 4.42. The number of methoxy groups -OCH3 is 4. The molecular formula is C87H68Cl4F10LiN9NaO24P. The number of carboxylic acids is 1. The molecule has 0 bridgehead atoms. The van der Waals surface area contributed by atoms with Crippen LogP contribution in [0.2, 0.25) is 5.28 Å². The van der Waals surface area contributed by atoms with Gasteiger partial charge in [0.2, 0.25) is 11.2 Å². The number of nitrogens with zero attached hydrogens (tertiary/aromatic N) is 7. The van der Waals surface area contributed by atoms with Crippen LogP contribution in [0, 0.1) is 13.8 Å². The molecule has 0 radical (unpaired) electrons. The molecule has 0 atom stereocenters. The Hall–Kier alpha value is -12.8. The minimum atomic E-state index is -3.72. The van der Waals surface area contributed by atoms with E-state index in [2.05, 4.69) is 116 Å². The number of carboxylic acid groups (broad SMARTS) is 1. The molecule has 5 N–H and O–H groups in total. The van der Waals surface area contributed by atoms with Gasteiger partial charge in [0.15, 0.2) is 57.5 Å². The van der Waals surface area contributed by atoms with Gasteiger partial charge in [-0.25, -0.2) is 38.9 Å². The fourth-order valence-electron chi connectivity index (χ4n) is 14.2. The SMILES string of the molecule is COC(=O)c1ccc(NCc2cccc3c2OC(F)(F)O3)c(N)c1.COC(=O)c1ccc2c(c1)CC(=O)N2Cc1cccc2c1OC(F)(F)O2.COC(=O)c1ccc2c(c1)nc(C)n2Cc1cccc2c1OC(F)(F)O2.COC(=O)c1ccc2c(c1)nc(Cl)n2Cc1cccc2c1OC(F)(F)O2.C[O-].Cc1nc2cc(C(=O)O)ccc2n1Cc1cccc2c1OC(F)(F)O2.O=P(Cl)(Cl)Cl.[Li+].[Na+].[OH-]. The summed E-state index contributed by atoms with van der Waals surface area (Å²) in [5, 5.41) is 17.3. The molecule has 50 heteroatoms. The van der Waals surface area contributed by atoms with Crippen molar-refractivity contribution in [3.8, 4) is 57.5 Å². The van der Waals surface area contributed by atoms with Crippen LogP contribution in [0.3, 0.4) is 0 Å². The smallest absolute Gasteiger partial charge is 0.870 e. The van der Waals surface area contributed by atoms with Crippen molar-refractivity contribution in [1.29, 1.82) is 0 Å². The number of carbonyl (C=O) groups is 6. The Balaban J connectivity index is 0.000000173. The molecule has 137 heavy (non-hydrogen) atoms. The maximum absolute atomic E-state index is 13.4. The van der Waals surface area contributed by atoms with Crippen LogP contribution in [-0.2, 0) is 67.5 Å². The predicted molar refractivity (Wildman–Crippen MR) is 459 cm³/mol. The third-order valence-electron chi connectivity index (χ3n) is 19.9. The number of aryl methyl sites for hydroxylation is 2. The van der Waals surface area contributed by atoms with Crippen molar-refractivity contribution >= 4 is 136 Å². The maximum atomic E-state index is 13.4. The van der Waals surface area contributed by atoms with Gasteiger partial charge in [-0.1, -0.05) is 60.7 Å². The third kappa shape index (κ3) is 25.0. The second-order valence-electron chi connectivity index (χ2n) is 28.5. The molecule has 0 unspecified atom stereocenters. The first-order valence-corrected chi connectivity index (χ1v) is 43.4. The van der Waals surface area contributed by atoms with Crippen LogP contribution in [0.15, 0.2) is 182 Å². The van der Waals surface area contributed by atoms with E-state index in [9.17, 15) is 77.2 Å². The molecule has 1 amide bonds.